The summed E-state index contributed by atoms with van der Waals surface area (Å²) in [5, 5.41) is 2.60. The maximum atomic E-state index is 12.0. The van der Waals surface area contributed by atoms with E-state index >= 15 is 0 Å². The van der Waals surface area contributed by atoms with E-state index in [2.05, 4.69) is 5.32 Å². The van der Waals surface area contributed by atoms with E-state index in [-0.39, 0.29) is 19.1 Å². The van der Waals surface area contributed by atoms with Gasteiger partial charge in [-0.05, 0) is 18.4 Å². The molecule has 0 aromatic heterocycles. The lowest BCUT2D eigenvalue weighted by atomic mass is 10.2. The molecule has 0 aliphatic carbocycles. The molecule has 1 heterocycles. The number of hydrogen-bond donors (Lipinski definition) is 1. The van der Waals surface area contributed by atoms with Crippen LogP contribution in [0.15, 0.2) is 29.2 Å². The molecular formula is C15H16N2O4S3. The summed E-state index contributed by atoms with van der Waals surface area (Å²) in [4.78, 5) is 37.5. The van der Waals surface area contributed by atoms with Crippen LogP contribution in [0.4, 0.5) is 0 Å². The standard InChI is InChI=1S/C15H16N2O4S3/c1-23-11-5-3-2-4-10(11)14(20)21-8-12(18)16-6-7-17-13(19)9-24-15(17)22/h2-5H,6-9H2,1H3,(H,16,18). The molecule has 0 unspecified atom stereocenters. The highest BCUT2D eigenvalue weighted by Crippen LogP contribution is 2.20. The highest BCUT2D eigenvalue weighted by molar-refractivity contribution is 8.23. The second kappa shape index (κ2) is 9.05. The number of thioether (sulfide) groups is 2. The summed E-state index contributed by atoms with van der Waals surface area (Å²) in [7, 11) is 0. The molecule has 1 aromatic rings. The average Bonchev–Trinajstić information content (AvgIpc) is 2.91. The van der Waals surface area contributed by atoms with Gasteiger partial charge in [0.1, 0.15) is 4.32 Å². The van der Waals surface area contributed by atoms with E-state index in [1.165, 1.54) is 28.4 Å². The van der Waals surface area contributed by atoms with E-state index in [1.807, 2.05) is 18.4 Å². The van der Waals surface area contributed by atoms with Crippen molar-refractivity contribution in [2.24, 2.45) is 0 Å². The van der Waals surface area contributed by atoms with Crippen LogP contribution in [0, 0.1) is 0 Å². The van der Waals surface area contributed by atoms with Crippen molar-refractivity contribution in [2.75, 3.05) is 31.7 Å². The number of nitrogens with one attached hydrogen (secondary N) is 1. The van der Waals surface area contributed by atoms with Gasteiger partial charge in [0.05, 0.1) is 11.3 Å². The maximum absolute atomic E-state index is 12.0. The number of amides is 2. The van der Waals surface area contributed by atoms with Crippen molar-refractivity contribution in [3.05, 3.63) is 29.8 Å². The van der Waals surface area contributed by atoms with Crippen molar-refractivity contribution >= 4 is 57.8 Å². The molecule has 0 atom stereocenters. The van der Waals surface area contributed by atoms with Crippen LogP contribution in [0.1, 0.15) is 10.4 Å². The van der Waals surface area contributed by atoms with Crippen LogP contribution in [-0.4, -0.2) is 58.7 Å². The fourth-order valence-corrected chi connectivity index (χ4v) is 3.68. The number of carbonyl (C=O) groups is 3. The topological polar surface area (TPSA) is 75.7 Å². The Morgan fingerprint density at radius 2 is 2.17 bits per heavy atom. The largest absolute Gasteiger partial charge is 0.452 e. The number of carbonyl (C=O) groups excluding carboxylic acids is 3. The molecule has 9 heteroatoms. The van der Waals surface area contributed by atoms with Crippen LogP contribution in [-0.2, 0) is 14.3 Å². The van der Waals surface area contributed by atoms with Crippen LogP contribution in [0.25, 0.3) is 0 Å². The summed E-state index contributed by atoms with van der Waals surface area (Å²) in [6.07, 6.45) is 1.86. The van der Waals surface area contributed by atoms with Gasteiger partial charge < -0.3 is 10.1 Å². The van der Waals surface area contributed by atoms with Gasteiger partial charge in [0.2, 0.25) is 5.91 Å². The number of esters is 1. The van der Waals surface area contributed by atoms with Crippen molar-refractivity contribution < 1.29 is 19.1 Å². The lowest BCUT2D eigenvalue weighted by Gasteiger charge is -2.15. The van der Waals surface area contributed by atoms with E-state index in [0.717, 1.165) is 4.90 Å². The SMILES string of the molecule is CSc1ccccc1C(=O)OCC(=O)NCCN1C(=O)CSC1=S. The molecule has 0 bridgehead atoms. The van der Waals surface area contributed by atoms with Gasteiger partial charge in [-0.15, -0.1) is 11.8 Å². The molecule has 2 rings (SSSR count). The van der Waals surface area contributed by atoms with Crippen LogP contribution in [0.2, 0.25) is 0 Å². The predicted molar refractivity (Wildman–Crippen MR) is 98.3 cm³/mol. The molecular weight excluding hydrogens is 368 g/mol. The summed E-state index contributed by atoms with van der Waals surface area (Å²) in [6.45, 7) is 0.207. The molecule has 0 saturated carbocycles. The quantitative estimate of drug-likeness (QED) is 0.434. The minimum atomic E-state index is -0.539. The Morgan fingerprint density at radius 1 is 1.42 bits per heavy atom. The Balaban J connectivity index is 1.74. The zero-order valence-electron chi connectivity index (χ0n) is 12.9. The normalized spacial score (nSPS) is 14.0. The number of benzene rings is 1. The van der Waals surface area contributed by atoms with Crippen LogP contribution in [0.5, 0.6) is 0 Å². The number of hydrogen-bond acceptors (Lipinski definition) is 7. The smallest absolute Gasteiger partial charge is 0.339 e. The molecule has 1 aliphatic rings. The molecule has 1 aliphatic heterocycles. The molecule has 1 saturated heterocycles. The Hall–Kier alpha value is -1.58. The third-order valence-corrected chi connectivity index (χ3v) is 5.39. The fourth-order valence-electron chi connectivity index (χ4n) is 1.98. The number of rotatable bonds is 7. The Labute approximate surface area is 153 Å². The predicted octanol–water partition coefficient (Wildman–Crippen LogP) is 1.54. The lowest BCUT2D eigenvalue weighted by molar-refractivity contribution is -0.126. The van der Waals surface area contributed by atoms with Gasteiger partial charge in [0.15, 0.2) is 6.61 Å². The summed E-state index contributed by atoms with van der Waals surface area (Å²) in [5.74, 6) is -0.670. The van der Waals surface area contributed by atoms with Crippen molar-refractivity contribution in [3.8, 4) is 0 Å². The first-order chi connectivity index (χ1) is 11.5. The van der Waals surface area contributed by atoms with E-state index in [4.69, 9.17) is 17.0 Å². The number of ether oxygens (including phenoxy) is 1. The highest BCUT2D eigenvalue weighted by Gasteiger charge is 2.26. The summed E-state index contributed by atoms with van der Waals surface area (Å²) in [6, 6.07) is 7.04. The van der Waals surface area contributed by atoms with Crippen molar-refractivity contribution in [2.45, 2.75) is 4.90 Å². The second-order valence-electron chi connectivity index (χ2n) is 4.73. The van der Waals surface area contributed by atoms with Gasteiger partial charge in [-0.3, -0.25) is 14.5 Å². The van der Waals surface area contributed by atoms with Crippen molar-refractivity contribution in [3.63, 3.8) is 0 Å². The molecule has 6 nitrogen and oxygen atoms in total. The van der Waals surface area contributed by atoms with Gasteiger partial charge in [0, 0.05) is 18.0 Å². The van der Waals surface area contributed by atoms with E-state index < -0.39 is 11.9 Å². The molecule has 0 radical (unpaired) electrons. The minimum absolute atomic E-state index is 0.0562. The third-order valence-electron chi connectivity index (χ3n) is 3.16. The van der Waals surface area contributed by atoms with Crippen LogP contribution >= 0.6 is 35.7 Å². The van der Waals surface area contributed by atoms with E-state index in [9.17, 15) is 14.4 Å². The molecule has 1 fully saturated rings. The lowest BCUT2D eigenvalue weighted by Crippen LogP contribution is -2.38. The first kappa shape index (κ1) is 18.8. The van der Waals surface area contributed by atoms with Crippen molar-refractivity contribution in [1.82, 2.24) is 10.2 Å². The molecule has 0 spiro atoms. The van der Waals surface area contributed by atoms with E-state index in [0.29, 0.717) is 22.2 Å². The van der Waals surface area contributed by atoms with Gasteiger partial charge >= 0.3 is 5.97 Å². The van der Waals surface area contributed by atoms with Gasteiger partial charge in [-0.2, -0.15) is 0 Å². The Morgan fingerprint density at radius 3 is 2.83 bits per heavy atom. The summed E-state index contributed by atoms with van der Waals surface area (Å²) >= 11 is 7.79. The van der Waals surface area contributed by atoms with E-state index in [1.54, 1.807) is 12.1 Å². The fraction of sp³-hybridized carbons (Fsp3) is 0.333. The maximum Gasteiger partial charge on any atom is 0.339 e. The van der Waals surface area contributed by atoms with Crippen molar-refractivity contribution in [1.29, 1.82) is 0 Å². The minimum Gasteiger partial charge on any atom is -0.452 e. The first-order valence-corrected chi connectivity index (χ1v) is 9.68. The zero-order chi connectivity index (χ0) is 17.5. The molecule has 24 heavy (non-hydrogen) atoms. The van der Waals surface area contributed by atoms with Crippen LogP contribution in [0.3, 0.4) is 0 Å². The van der Waals surface area contributed by atoms with Gasteiger partial charge in [-0.25, -0.2) is 4.79 Å². The number of thiocarbonyl (C=S) groups is 1. The van der Waals surface area contributed by atoms with Gasteiger partial charge in [-0.1, -0.05) is 36.1 Å². The Bertz CT molecular complexity index is 650. The molecule has 1 N–H and O–H groups in total. The van der Waals surface area contributed by atoms with Crippen LogP contribution < -0.4 is 5.32 Å². The first-order valence-electron chi connectivity index (χ1n) is 7.07. The summed E-state index contributed by atoms with van der Waals surface area (Å²) < 4.78 is 5.54. The molecule has 2 amide bonds. The van der Waals surface area contributed by atoms with Gasteiger partial charge in [0.25, 0.3) is 5.91 Å². The zero-order valence-corrected chi connectivity index (χ0v) is 15.4. The highest BCUT2D eigenvalue weighted by atomic mass is 32.2. The molecule has 128 valence electrons. The Kier molecular flexibility index (Phi) is 7.07. The third kappa shape index (κ3) is 4.96. The molecule has 1 aromatic carbocycles. The average molecular weight is 385 g/mol. The summed E-state index contributed by atoms with van der Waals surface area (Å²) in [5.41, 5.74) is 0.433. The number of nitrogens with zero attached hydrogens (tertiary/aromatic N) is 1. The monoisotopic (exact) mass is 384 g/mol. The second-order valence-corrected chi connectivity index (χ2v) is 7.18.